The van der Waals surface area contributed by atoms with Gasteiger partial charge in [0, 0.05) is 41.1 Å². The Morgan fingerprint density at radius 2 is 1.06 bits per heavy atom. The van der Waals surface area contributed by atoms with Crippen molar-refractivity contribution in [1.29, 1.82) is 0 Å². The number of benzene rings is 2. The van der Waals surface area contributed by atoms with Crippen molar-refractivity contribution in [2.75, 3.05) is 21.7 Å². The van der Waals surface area contributed by atoms with Gasteiger partial charge in [0.05, 0.1) is 23.4 Å². The van der Waals surface area contributed by atoms with Crippen LogP contribution >= 0.6 is 0 Å². The second-order valence-electron chi connectivity index (χ2n) is 10.6. The van der Waals surface area contributed by atoms with Gasteiger partial charge in [0.2, 0.25) is 0 Å². The average Bonchev–Trinajstić information content (AvgIpc) is 3.11. The van der Waals surface area contributed by atoms with Crippen molar-refractivity contribution in [3.05, 3.63) is 132 Å². The second-order valence-corrected chi connectivity index (χ2v) is 10.6. The topological polar surface area (TPSA) is 148 Å². The maximum atomic E-state index is 13.4. The van der Waals surface area contributed by atoms with E-state index in [1.54, 1.807) is 12.3 Å². The number of aromatic nitrogens is 4. The van der Waals surface area contributed by atoms with Crippen LogP contribution < -0.4 is 21.7 Å². The summed E-state index contributed by atoms with van der Waals surface area (Å²) in [7, 11) is 0. The summed E-state index contributed by atoms with van der Waals surface area (Å²) in [5.41, 5.74) is 4.02. The lowest BCUT2D eigenvalue weighted by atomic mass is 10.1. The van der Waals surface area contributed by atoms with E-state index < -0.39 is 47.1 Å². The van der Waals surface area contributed by atoms with E-state index in [1.165, 1.54) is 43.0 Å². The van der Waals surface area contributed by atoms with Crippen LogP contribution in [-0.2, 0) is 18.4 Å². The fourth-order valence-electron chi connectivity index (χ4n) is 4.19. The van der Waals surface area contributed by atoms with Crippen LogP contribution in [-0.4, -0.2) is 44.1 Å². The number of alkyl halides is 10. The lowest BCUT2D eigenvalue weighted by Crippen LogP contribution is -2.33. The third-order valence-corrected chi connectivity index (χ3v) is 6.94. The summed E-state index contributed by atoms with van der Waals surface area (Å²) in [5, 5.41) is 7.73. The Bertz CT molecular complexity index is 2010. The molecule has 0 unspecified atom stereocenters. The SMILES string of the molecule is Nc1ncccc1C(=O)Nc1ccc(C(F)(F)C(F)(F)F)cc1.O=C(Nc1ccc(C(F)(F)C(F)(F)F)cc1)c1cccnc1NCc1ccncn1. The second kappa shape index (κ2) is 15.9. The Labute approximate surface area is 292 Å². The van der Waals surface area contributed by atoms with E-state index in [0.717, 1.165) is 24.3 Å². The van der Waals surface area contributed by atoms with Crippen LogP contribution in [0.4, 0.5) is 66.9 Å². The van der Waals surface area contributed by atoms with E-state index in [-0.39, 0.29) is 40.7 Å². The Kier molecular flexibility index (Phi) is 11.8. The Hall–Kier alpha value is -6.34. The van der Waals surface area contributed by atoms with Gasteiger partial charge < -0.3 is 21.7 Å². The zero-order chi connectivity index (χ0) is 39.0. The van der Waals surface area contributed by atoms with Crippen molar-refractivity contribution in [3.63, 3.8) is 0 Å². The van der Waals surface area contributed by atoms with Gasteiger partial charge in [-0.3, -0.25) is 9.59 Å². The monoisotopic (exact) mass is 754 g/mol. The normalized spacial score (nSPS) is 11.9. The smallest absolute Gasteiger partial charge is 0.383 e. The molecule has 5 aromatic rings. The first-order valence-corrected chi connectivity index (χ1v) is 14.7. The molecule has 5 N–H and O–H groups in total. The predicted octanol–water partition coefficient (Wildman–Crippen LogP) is 7.96. The first kappa shape index (κ1) is 39.4. The molecule has 5 rings (SSSR count). The highest BCUT2D eigenvalue weighted by Crippen LogP contribution is 2.45. The molecule has 0 saturated heterocycles. The number of pyridine rings is 2. The number of nitrogens with one attached hydrogen (secondary N) is 3. The summed E-state index contributed by atoms with van der Waals surface area (Å²) in [5.74, 6) is -11.0. The maximum absolute atomic E-state index is 13.4. The van der Waals surface area contributed by atoms with E-state index in [0.29, 0.717) is 30.0 Å². The lowest BCUT2D eigenvalue weighted by Gasteiger charge is -2.20. The third-order valence-electron chi connectivity index (χ3n) is 6.94. The van der Waals surface area contributed by atoms with Crippen LogP contribution in [0.3, 0.4) is 0 Å². The molecule has 0 atom stereocenters. The largest absolute Gasteiger partial charge is 0.458 e. The number of anilines is 4. The summed E-state index contributed by atoms with van der Waals surface area (Å²) in [6.45, 7) is 0.265. The van der Waals surface area contributed by atoms with Crippen LogP contribution in [0.2, 0.25) is 0 Å². The summed E-state index contributed by atoms with van der Waals surface area (Å²) in [4.78, 5) is 40.1. The maximum Gasteiger partial charge on any atom is 0.458 e. The van der Waals surface area contributed by atoms with E-state index in [9.17, 15) is 53.5 Å². The molecule has 2 aromatic carbocycles. The molecule has 0 aliphatic carbocycles. The van der Waals surface area contributed by atoms with Crippen LogP contribution in [0.5, 0.6) is 0 Å². The molecule has 0 bridgehead atoms. The zero-order valence-corrected chi connectivity index (χ0v) is 26.5. The molecule has 278 valence electrons. The van der Waals surface area contributed by atoms with E-state index in [1.807, 2.05) is 0 Å². The Balaban J connectivity index is 0.000000245. The third kappa shape index (κ3) is 9.71. The molecule has 2 amide bonds. The van der Waals surface area contributed by atoms with Gasteiger partial charge in [-0.15, -0.1) is 0 Å². The van der Waals surface area contributed by atoms with Gasteiger partial charge in [0.1, 0.15) is 18.0 Å². The Morgan fingerprint density at radius 1 is 0.585 bits per heavy atom. The molecule has 0 saturated carbocycles. The Morgan fingerprint density at radius 3 is 1.51 bits per heavy atom. The van der Waals surface area contributed by atoms with Crippen LogP contribution in [0, 0.1) is 0 Å². The fourth-order valence-corrected chi connectivity index (χ4v) is 4.19. The number of rotatable bonds is 9. The number of nitrogen functional groups attached to an aromatic ring is 1. The van der Waals surface area contributed by atoms with E-state index >= 15 is 0 Å². The summed E-state index contributed by atoms with van der Waals surface area (Å²) in [6.07, 6.45) is -5.63. The standard InChI is InChI=1S/C19H14F5N5O.C14H10F5N3O/c20-18(21,19(22,23)24)12-3-5-13(6-4-12)29-17(30)15-2-1-8-26-16(15)27-10-14-7-9-25-11-28-14;15-13(16,14(17,18)19)8-3-5-9(6-4-8)22-12(23)10-2-1-7-21-11(10)20/h1-9,11H,10H2,(H,26,27)(H,29,30);1-7H,(H2,20,21)(H,22,23). The molecule has 0 radical (unpaired) electrons. The number of halogens is 10. The summed E-state index contributed by atoms with van der Waals surface area (Å²) >= 11 is 0. The van der Waals surface area contributed by atoms with Gasteiger partial charge in [-0.25, -0.2) is 19.9 Å². The van der Waals surface area contributed by atoms with Gasteiger partial charge in [0.25, 0.3) is 11.8 Å². The van der Waals surface area contributed by atoms with Crippen LogP contribution in [0.15, 0.2) is 104 Å². The number of carbonyl (C=O) groups excluding carboxylic acids is 2. The summed E-state index contributed by atoms with van der Waals surface area (Å²) < 4.78 is 127. The van der Waals surface area contributed by atoms with Crippen molar-refractivity contribution < 1.29 is 53.5 Å². The van der Waals surface area contributed by atoms with Crippen LogP contribution in [0.25, 0.3) is 0 Å². The highest BCUT2D eigenvalue weighted by molar-refractivity contribution is 6.08. The zero-order valence-electron chi connectivity index (χ0n) is 26.5. The molecular weight excluding hydrogens is 730 g/mol. The molecule has 20 heteroatoms. The quantitative estimate of drug-likeness (QED) is 0.111. The molecule has 3 heterocycles. The number of carbonyl (C=O) groups is 2. The lowest BCUT2D eigenvalue weighted by molar-refractivity contribution is -0.289. The van der Waals surface area contributed by atoms with Gasteiger partial charge in [-0.1, -0.05) is 24.3 Å². The van der Waals surface area contributed by atoms with Crippen molar-refractivity contribution >= 4 is 34.8 Å². The number of nitrogens with two attached hydrogens (primary N) is 1. The predicted molar refractivity (Wildman–Crippen MR) is 171 cm³/mol. The van der Waals surface area contributed by atoms with E-state index in [4.69, 9.17) is 5.73 Å². The number of hydrogen-bond donors (Lipinski definition) is 4. The summed E-state index contributed by atoms with van der Waals surface area (Å²) in [6, 6.07) is 13.8. The minimum absolute atomic E-state index is 0.0368. The molecule has 0 fully saturated rings. The molecule has 0 spiro atoms. The van der Waals surface area contributed by atoms with Gasteiger partial charge in [-0.05, 0) is 54.6 Å². The molecule has 53 heavy (non-hydrogen) atoms. The minimum atomic E-state index is -5.71. The van der Waals surface area contributed by atoms with Gasteiger partial charge in [0.15, 0.2) is 0 Å². The van der Waals surface area contributed by atoms with Crippen molar-refractivity contribution in [2.24, 2.45) is 0 Å². The first-order chi connectivity index (χ1) is 24.8. The number of nitrogens with zero attached hydrogens (tertiary/aromatic N) is 4. The van der Waals surface area contributed by atoms with Crippen molar-refractivity contribution in [3.8, 4) is 0 Å². The average molecular weight is 755 g/mol. The van der Waals surface area contributed by atoms with Crippen LogP contribution in [0.1, 0.15) is 37.5 Å². The van der Waals surface area contributed by atoms with Gasteiger partial charge in [-0.2, -0.15) is 43.9 Å². The van der Waals surface area contributed by atoms with Crippen molar-refractivity contribution in [1.82, 2.24) is 19.9 Å². The minimum Gasteiger partial charge on any atom is -0.383 e. The molecule has 0 aliphatic heterocycles. The van der Waals surface area contributed by atoms with Crippen molar-refractivity contribution in [2.45, 2.75) is 30.7 Å². The molecule has 3 aromatic heterocycles. The highest BCUT2D eigenvalue weighted by Gasteiger charge is 2.59. The molecule has 0 aliphatic rings. The molecular formula is C33H24F10N8O2. The fraction of sp³-hybridized carbons (Fsp3) is 0.152. The van der Waals surface area contributed by atoms with E-state index in [2.05, 4.69) is 35.9 Å². The number of hydrogen-bond acceptors (Lipinski definition) is 8. The van der Waals surface area contributed by atoms with Gasteiger partial charge >= 0.3 is 24.2 Å². The highest BCUT2D eigenvalue weighted by atomic mass is 19.4. The first-order valence-electron chi connectivity index (χ1n) is 14.7. The number of amides is 2. The molecule has 10 nitrogen and oxygen atoms in total.